The van der Waals surface area contributed by atoms with Gasteiger partial charge in [-0.1, -0.05) is 6.07 Å². The van der Waals surface area contributed by atoms with Crippen LogP contribution in [0.3, 0.4) is 0 Å². The molecule has 0 N–H and O–H groups in total. The summed E-state index contributed by atoms with van der Waals surface area (Å²) in [6.07, 6.45) is 5.38. The average Bonchev–Trinajstić information content (AvgIpc) is 3.14. The Labute approximate surface area is 120 Å². The topological polar surface area (TPSA) is 55.1 Å². The van der Waals surface area contributed by atoms with Crippen LogP contribution in [0.4, 0.5) is 0 Å². The number of hydrogen-bond donors (Lipinski definition) is 0. The lowest BCUT2D eigenvalue weighted by atomic mass is 9.78. The Morgan fingerprint density at radius 1 is 1.15 bits per heavy atom. The van der Waals surface area contributed by atoms with E-state index in [2.05, 4.69) is 11.1 Å². The van der Waals surface area contributed by atoms with Gasteiger partial charge in [-0.05, 0) is 46.1 Å². The van der Waals surface area contributed by atoms with Crippen molar-refractivity contribution < 1.29 is 9.31 Å². The molecule has 104 valence electrons. The van der Waals surface area contributed by atoms with E-state index in [0.717, 1.165) is 23.9 Å². The third-order valence-corrected chi connectivity index (χ3v) is 4.80. The Morgan fingerprint density at radius 3 is 2.25 bits per heavy atom. The fraction of sp³-hybridized carbons (Fsp3) is 0.600. The van der Waals surface area contributed by atoms with Crippen LogP contribution in [0, 0.1) is 11.3 Å². The molecule has 1 aliphatic heterocycles. The zero-order valence-corrected chi connectivity index (χ0v) is 12.4. The smallest absolute Gasteiger partial charge is 0.399 e. The highest BCUT2D eigenvalue weighted by molar-refractivity contribution is 6.62. The molecule has 0 radical (unpaired) electrons. The Bertz CT molecular complexity index is 572. The van der Waals surface area contributed by atoms with E-state index in [0.29, 0.717) is 0 Å². The third kappa shape index (κ3) is 1.95. The van der Waals surface area contributed by atoms with Gasteiger partial charge in [0.25, 0.3) is 0 Å². The zero-order valence-electron chi connectivity index (χ0n) is 12.4. The van der Waals surface area contributed by atoms with Gasteiger partial charge < -0.3 is 9.31 Å². The Kier molecular flexibility index (Phi) is 2.76. The number of nitriles is 1. The highest BCUT2D eigenvalue weighted by atomic mass is 16.7. The Morgan fingerprint density at radius 2 is 1.75 bits per heavy atom. The summed E-state index contributed by atoms with van der Waals surface area (Å²) in [7, 11) is -0.415. The molecule has 1 aromatic heterocycles. The van der Waals surface area contributed by atoms with E-state index in [1.54, 1.807) is 12.4 Å². The van der Waals surface area contributed by atoms with Gasteiger partial charge in [-0.25, -0.2) is 0 Å². The SMILES string of the molecule is CC1(C)OB(c2cncc(C3(C#N)CC3)c2)OC1(C)C. The van der Waals surface area contributed by atoms with Gasteiger partial charge in [-0.2, -0.15) is 5.26 Å². The summed E-state index contributed by atoms with van der Waals surface area (Å²) in [6, 6.07) is 4.40. The summed E-state index contributed by atoms with van der Waals surface area (Å²) in [5, 5.41) is 9.29. The van der Waals surface area contributed by atoms with Gasteiger partial charge in [0.2, 0.25) is 0 Å². The van der Waals surface area contributed by atoms with E-state index < -0.39 is 7.12 Å². The molecule has 0 atom stereocenters. The fourth-order valence-electron chi connectivity index (χ4n) is 2.42. The molecule has 1 aromatic rings. The van der Waals surface area contributed by atoms with Gasteiger partial charge in [0.1, 0.15) is 0 Å². The van der Waals surface area contributed by atoms with E-state index in [1.807, 2.05) is 33.8 Å². The molecule has 3 rings (SSSR count). The minimum absolute atomic E-state index is 0.327. The largest absolute Gasteiger partial charge is 0.496 e. The average molecular weight is 270 g/mol. The first-order valence-electron chi connectivity index (χ1n) is 7.02. The van der Waals surface area contributed by atoms with Crippen molar-refractivity contribution >= 4 is 12.6 Å². The minimum atomic E-state index is -0.415. The second-order valence-electron chi connectivity index (χ2n) is 6.79. The summed E-state index contributed by atoms with van der Waals surface area (Å²) >= 11 is 0. The van der Waals surface area contributed by atoms with Crippen LogP contribution in [-0.4, -0.2) is 23.3 Å². The zero-order chi connectivity index (χ0) is 14.6. The lowest BCUT2D eigenvalue weighted by molar-refractivity contribution is 0.00578. The van der Waals surface area contributed by atoms with Crippen molar-refractivity contribution in [2.75, 3.05) is 0 Å². The van der Waals surface area contributed by atoms with Gasteiger partial charge in [-0.3, -0.25) is 4.98 Å². The van der Waals surface area contributed by atoms with Gasteiger partial charge in [0.15, 0.2) is 0 Å². The van der Waals surface area contributed by atoms with Crippen LogP contribution < -0.4 is 5.46 Å². The molecular weight excluding hydrogens is 251 g/mol. The van der Waals surface area contributed by atoms with E-state index in [1.165, 1.54) is 0 Å². The molecule has 1 saturated carbocycles. The van der Waals surface area contributed by atoms with Gasteiger partial charge in [-0.15, -0.1) is 0 Å². The highest BCUT2D eigenvalue weighted by Gasteiger charge is 2.52. The van der Waals surface area contributed by atoms with Crippen LogP contribution in [0.2, 0.25) is 0 Å². The molecule has 2 aliphatic rings. The second-order valence-corrected chi connectivity index (χ2v) is 6.79. The fourth-order valence-corrected chi connectivity index (χ4v) is 2.42. The molecule has 0 amide bonds. The predicted molar refractivity (Wildman–Crippen MR) is 76.5 cm³/mol. The summed E-state index contributed by atoms with van der Waals surface area (Å²) in [5.41, 5.74) is 0.822. The predicted octanol–water partition coefficient (Wildman–Crippen LogP) is 1.94. The molecule has 2 heterocycles. The molecule has 0 spiro atoms. The molecular formula is C15H19BN2O2. The molecule has 1 aliphatic carbocycles. The quantitative estimate of drug-likeness (QED) is 0.770. The van der Waals surface area contributed by atoms with E-state index >= 15 is 0 Å². The lowest BCUT2D eigenvalue weighted by Crippen LogP contribution is -2.41. The van der Waals surface area contributed by atoms with E-state index in [9.17, 15) is 5.26 Å². The molecule has 0 aromatic carbocycles. The second kappa shape index (κ2) is 4.06. The first kappa shape index (κ1) is 13.6. The summed E-state index contributed by atoms with van der Waals surface area (Å²) in [6.45, 7) is 8.12. The van der Waals surface area contributed by atoms with Crippen LogP contribution >= 0.6 is 0 Å². The maximum absolute atomic E-state index is 9.29. The number of pyridine rings is 1. The normalized spacial score (nSPS) is 25.2. The Balaban J connectivity index is 1.90. The number of hydrogen-bond acceptors (Lipinski definition) is 4. The van der Waals surface area contributed by atoms with Crippen molar-refractivity contribution in [1.82, 2.24) is 4.98 Å². The number of nitrogens with zero attached hydrogens (tertiary/aromatic N) is 2. The third-order valence-electron chi connectivity index (χ3n) is 4.80. The summed E-state index contributed by atoms with van der Waals surface area (Å²) < 4.78 is 12.1. The Hall–Kier alpha value is -1.38. The van der Waals surface area contributed by atoms with Crippen molar-refractivity contribution in [1.29, 1.82) is 5.26 Å². The van der Waals surface area contributed by atoms with Crippen LogP contribution in [0.15, 0.2) is 18.5 Å². The maximum Gasteiger partial charge on any atom is 0.496 e. The van der Waals surface area contributed by atoms with Gasteiger partial charge in [0.05, 0.1) is 22.7 Å². The highest BCUT2D eigenvalue weighted by Crippen LogP contribution is 2.47. The molecule has 20 heavy (non-hydrogen) atoms. The van der Waals surface area contributed by atoms with E-state index in [-0.39, 0.29) is 16.6 Å². The van der Waals surface area contributed by atoms with Crippen LogP contribution in [0.5, 0.6) is 0 Å². The number of rotatable bonds is 2. The van der Waals surface area contributed by atoms with Crippen molar-refractivity contribution in [2.24, 2.45) is 0 Å². The number of aromatic nitrogens is 1. The van der Waals surface area contributed by atoms with Crippen LogP contribution in [-0.2, 0) is 14.7 Å². The molecule has 0 bridgehead atoms. The van der Waals surface area contributed by atoms with Gasteiger partial charge >= 0.3 is 7.12 Å². The minimum Gasteiger partial charge on any atom is -0.399 e. The van der Waals surface area contributed by atoms with Gasteiger partial charge in [0, 0.05) is 17.9 Å². The molecule has 0 unspecified atom stereocenters. The lowest BCUT2D eigenvalue weighted by Gasteiger charge is -2.32. The van der Waals surface area contributed by atoms with Crippen molar-refractivity contribution in [3.8, 4) is 6.07 Å². The first-order chi connectivity index (χ1) is 9.30. The van der Waals surface area contributed by atoms with Crippen molar-refractivity contribution in [3.63, 3.8) is 0 Å². The standard InChI is InChI=1S/C15H19BN2O2/c1-13(2)14(3,4)20-16(19-13)12-7-11(8-18-9-12)15(10-17)5-6-15/h7-9H,5-6H2,1-4H3. The molecule has 5 heteroatoms. The monoisotopic (exact) mass is 270 g/mol. The van der Waals surface area contributed by atoms with Crippen LogP contribution in [0.25, 0.3) is 0 Å². The molecule has 4 nitrogen and oxygen atoms in total. The van der Waals surface area contributed by atoms with Crippen LogP contribution in [0.1, 0.15) is 46.1 Å². The van der Waals surface area contributed by atoms with Crippen molar-refractivity contribution in [3.05, 3.63) is 24.0 Å². The molecule has 2 fully saturated rings. The maximum atomic E-state index is 9.29. The summed E-state index contributed by atoms with van der Waals surface area (Å²) in [5.74, 6) is 0. The molecule has 1 saturated heterocycles. The summed E-state index contributed by atoms with van der Waals surface area (Å²) in [4.78, 5) is 4.27. The first-order valence-corrected chi connectivity index (χ1v) is 7.02. The van der Waals surface area contributed by atoms with E-state index in [4.69, 9.17) is 9.31 Å². The van der Waals surface area contributed by atoms with Crippen molar-refractivity contribution in [2.45, 2.75) is 57.2 Å².